The summed E-state index contributed by atoms with van der Waals surface area (Å²) in [5.74, 6) is -0.257. The second-order valence-corrected chi connectivity index (χ2v) is 5.33. The minimum atomic E-state index is -0.445. The molecule has 1 heterocycles. The van der Waals surface area contributed by atoms with Crippen LogP contribution in [0.1, 0.15) is 21.5 Å². The van der Waals surface area contributed by atoms with Crippen LogP contribution in [0.2, 0.25) is 0 Å². The second-order valence-electron chi connectivity index (χ2n) is 5.33. The van der Waals surface area contributed by atoms with Crippen LogP contribution < -0.4 is 4.74 Å². The van der Waals surface area contributed by atoms with E-state index >= 15 is 0 Å². The number of hydrogen-bond acceptors (Lipinski definition) is 4. The number of benzene rings is 2. The van der Waals surface area contributed by atoms with Gasteiger partial charge in [0.15, 0.2) is 0 Å². The highest BCUT2D eigenvalue weighted by molar-refractivity contribution is 5.90. The van der Waals surface area contributed by atoms with Crippen molar-refractivity contribution < 1.29 is 9.53 Å². The highest BCUT2D eigenvalue weighted by Crippen LogP contribution is 2.23. The molecule has 0 aliphatic rings. The molecule has 2 aromatic carbocycles. The number of rotatable bonds is 3. The van der Waals surface area contributed by atoms with Crippen LogP contribution in [0.4, 0.5) is 0 Å². The monoisotopic (exact) mass is 304 g/mol. The molecule has 0 aliphatic carbocycles. The van der Waals surface area contributed by atoms with E-state index in [9.17, 15) is 4.79 Å². The van der Waals surface area contributed by atoms with Gasteiger partial charge in [-0.25, -0.2) is 4.79 Å². The van der Waals surface area contributed by atoms with Crippen molar-refractivity contribution in [3.63, 3.8) is 0 Å². The first-order chi connectivity index (χ1) is 11.1. The Balaban J connectivity index is 1.80. The maximum atomic E-state index is 12.0. The minimum absolute atomic E-state index is 0.188. The standard InChI is InChI=1S/C19H16N2O2/c1-13-8-9-14(2)16(12-13)17-10-11-18(21-20-17)23-19(22)15-6-4-3-5-7-15/h3-12H,1-2H3. The molecule has 23 heavy (non-hydrogen) atoms. The van der Waals surface area contributed by atoms with Gasteiger partial charge in [-0.15, -0.1) is 10.2 Å². The number of nitrogens with zero attached hydrogens (tertiary/aromatic N) is 2. The van der Waals surface area contributed by atoms with Crippen LogP contribution in [0.15, 0.2) is 60.7 Å². The van der Waals surface area contributed by atoms with Gasteiger partial charge in [-0.3, -0.25) is 0 Å². The fraction of sp³-hybridized carbons (Fsp3) is 0.105. The molecule has 0 unspecified atom stereocenters. The van der Waals surface area contributed by atoms with Crippen LogP contribution in [0.25, 0.3) is 11.3 Å². The fourth-order valence-electron chi connectivity index (χ4n) is 2.26. The molecule has 0 spiro atoms. The average molecular weight is 304 g/mol. The van der Waals surface area contributed by atoms with E-state index in [4.69, 9.17) is 4.74 Å². The summed E-state index contributed by atoms with van der Waals surface area (Å²) in [6, 6.07) is 18.4. The van der Waals surface area contributed by atoms with E-state index in [-0.39, 0.29) is 5.88 Å². The van der Waals surface area contributed by atoms with Gasteiger partial charge in [0.25, 0.3) is 0 Å². The zero-order valence-corrected chi connectivity index (χ0v) is 13.0. The van der Waals surface area contributed by atoms with Crippen LogP contribution in [-0.4, -0.2) is 16.2 Å². The number of carbonyl (C=O) groups excluding carboxylic acids is 1. The largest absolute Gasteiger partial charge is 0.402 e. The average Bonchev–Trinajstić information content (AvgIpc) is 2.58. The molecular weight excluding hydrogens is 288 g/mol. The van der Waals surface area contributed by atoms with Gasteiger partial charge in [0.2, 0.25) is 5.88 Å². The molecule has 3 rings (SSSR count). The summed E-state index contributed by atoms with van der Waals surface area (Å²) in [7, 11) is 0. The number of esters is 1. The number of aryl methyl sites for hydroxylation is 2. The Morgan fingerprint density at radius 3 is 2.39 bits per heavy atom. The Kier molecular flexibility index (Phi) is 4.15. The molecule has 0 fully saturated rings. The molecule has 4 heteroatoms. The molecule has 0 N–H and O–H groups in total. The lowest BCUT2D eigenvalue weighted by atomic mass is 10.0. The maximum absolute atomic E-state index is 12.0. The van der Waals surface area contributed by atoms with Crippen molar-refractivity contribution in [2.75, 3.05) is 0 Å². The smallest absolute Gasteiger partial charge is 0.344 e. The van der Waals surface area contributed by atoms with E-state index in [2.05, 4.69) is 28.4 Å². The van der Waals surface area contributed by atoms with Gasteiger partial charge in [0.05, 0.1) is 11.3 Å². The topological polar surface area (TPSA) is 52.1 Å². The molecule has 0 saturated carbocycles. The van der Waals surface area contributed by atoms with E-state index in [1.165, 1.54) is 0 Å². The summed E-state index contributed by atoms with van der Waals surface area (Å²) in [6.45, 7) is 4.06. The molecule has 0 atom stereocenters. The Hall–Kier alpha value is -3.01. The molecule has 0 saturated heterocycles. The van der Waals surface area contributed by atoms with E-state index in [0.29, 0.717) is 5.56 Å². The summed E-state index contributed by atoms with van der Waals surface area (Å²) in [4.78, 5) is 12.0. The molecule has 3 aromatic rings. The third kappa shape index (κ3) is 3.43. The van der Waals surface area contributed by atoms with E-state index in [1.54, 1.807) is 30.3 Å². The maximum Gasteiger partial charge on any atom is 0.344 e. The van der Waals surface area contributed by atoms with Gasteiger partial charge in [0.1, 0.15) is 0 Å². The van der Waals surface area contributed by atoms with Crippen LogP contribution in [0.5, 0.6) is 5.88 Å². The van der Waals surface area contributed by atoms with Gasteiger partial charge in [-0.05, 0) is 43.7 Å². The Labute approximate surface area is 134 Å². The Morgan fingerprint density at radius 2 is 1.70 bits per heavy atom. The number of carbonyl (C=O) groups is 1. The van der Waals surface area contributed by atoms with Gasteiger partial charge in [-0.2, -0.15) is 0 Å². The normalized spacial score (nSPS) is 10.3. The Morgan fingerprint density at radius 1 is 0.913 bits per heavy atom. The predicted octanol–water partition coefficient (Wildman–Crippen LogP) is 3.98. The van der Waals surface area contributed by atoms with Crippen molar-refractivity contribution in [1.29, 1.82) is 0 Å². The molecule has 1 aromatic heterocycles. The second kappa shape index (κ2) is 6.40. The van der Waals surface area contributed by atoms with Crippen LogP contribution in [0.3, 0.4) is 0 Å². The van der Waals surface area contributed by atoms with Gasteiger partial charge >= 0.3 is 5.97 Å². The molecule has 0 radical (unpaired) electrons. The highest BCUT2D eigenvalue weighted by atomic mass is 16.5. The minimum Gasteiger partial charge on any atom is -0.402 e. The third-order valence-corrected chi connectivity index (χ3v) is 3.52. The van der Waals surface area contributed by atoms with Crippen molar-refractivity contribution in [2.24, 2.45) is 0 Å². The lowest BCUT2D eigenvalue weighted by Gasteiger charge is -2.07. The van der Waals surface area contributed by atoms with Gasteiger partial charge in [0, 0.05) is 11.6 Å². The van der Waals surface area contributed by atoms with Crippen molar-refractivity contribution in [1.82, 2.24) is 10.2 Å². The van der Waals surface area contributed by atoms with Gasteiger partial charge in [-0.1, -0.05) is 35.9 Å². The van der Waals surface area contributed by atoms with Crippen molar-refractivity contribution in [3.8, 4) is 17.1 Å². The summed E-state index contributed by atoms with van der Waals surface area (Å²) in [6.07, 6.45) is 0. The first-order valence-corrected chi connectivity index (χ1v) is 7.32. The Bertz CT molecular complexity index is 828. The zero-order chi connectivity index (χ0) is 16.2. The van der Waals surface area contributed by atoms with E-state index in [1.807, 2.05) is 26.0 Å². The predicted molar refractivity (Wildman–Crippen MR) is 88.3 cm³/mol. The number of aromatic nitrogens is 2. The van der Waals surface area contributed by atoms with Crippen molar-refractivity contribution in [2.45, 2.75) is 13.8 Å². The summed E-state index contributed by atoms with van der Waals surface area (Å²) < 4.78 is 5.23. The third-order valence-electron chi connectivity index (χ3n) is 3.52. The summed E-state index contributed by atoms with van der Waals surface area (Å²) >= 11 is 0. The van der Waals surface area contributed by atoms with Crippen LogP contribution >= 0.6 is 0 Å². The molecule has 0 aliphatic heterocycles. The SMILES string of the molecule is Cc1ccc(C)c(-c2ccc(OC(=O)c3ccccc3)nn2)c1. The summed E-state index contributed by atoms with van der Waals surface area (Å²) in [5.41, 5.74) is 4.54. The first-order valence-electron chi connectivity index (χ1n) is 7.32. The summed E-state index contributed by atoms with van der Waals surface area (Å²) in [5, 5.41) is 8.17. The lowest BCUT2D eigenvalue weighted by molar-refractivity contribution is 0.0726. The van der Waals surface area contributed by atoms with E-state index < -0.39 is 5.97 Å². The van der Waals surface area contributed by atoms with Crippen molar-refractivity contribution >= 4 is 5.97 Å². The highest BCUT2D eigenvalue weighted by Gasteiger charge is 2.10. The molecular formula is C19H16N2O2. The van der Waals surface area contributed by atoms with Crippen LogP contribution in [0, 0.1) is 13.8 Å². The zero-order valence-electron chi connectivity index (χ0n) is 13.0. The fourth-order valence-corrected chi connectivity index (χ4v) is 2.26. The molecule has 0 bridgehead atoms. The molecule has 0 amide bonds. The number of hydrogen-bond donors (Lipinski definition) is 0. The van der Waals surface area contributed by atoms with E-state index in [0.717, 1.165) is 22.4 Å². The quantitative estimate of drug-likeness (QED) is 0.687. The van der Waals surface area contributed by atoms with Crippen molar-refractivity contribution in [3.05, 3.63) is 77.4 Å². The molecule has 4 nitrogen and oxygen atoms in total. The van der Waals surface area contributed by atoms with Crippen LogP contribution in [-0.2, 0) is 0 Å². The number of ether oxygens (including phenoxy) is 1. The lowest BCUT2D eigenvalue weighted by Crippen LogP contribution is -2.09. The first kappa shape index (κ1) is 14.9. The molecule has 114 valence electrons. The van der Waals surface area contributed by atoms with Gasteiger partial charge < -0.3 is 4.74 Å².